The van der Waals surface area contributed by atoms with Crippen LogP contribution in [0, 0.1) is 6.92 Å². The molecule has 1 unspecified atom stereocenters. The molecular formula is C14H17N3O2. The molecule has 0 aromatic carbocycles. The lowest BCUT2D eigenvalue weighted by Gasteiger charge is -2.19. The van der Waals surface area contributed by atoms with Gasteiger partial charge in [-0.25, -0.2) is 0 Å². The van der Waals surface area contributed by atoms with Gasteiger partial charge in [-0.1, -0.05) is 6.07 Å². The van der Waals surface area contributed by atoms with E-state index in [4.69, 9.17) is 4.74 Å². The fourth-order valence-electron chi connectivity index (χ4n) is 2.41. The molecule has 2 aromatic rings. The standard InChI is InChI=1S/C14H17N3O2/c1-10-3-2-4-12(15-10)8-17-7-11-5-6-19-13(9-18)14(11)16-17/h2-4,7,13,18H,5-6,8-9H2,1H3. The summed E-state index contributed by atoms with van der Waals surface area (Å²) in [5, 5.41) is 13.8. The van der Waals surface area contributed by atoms with Gasteiger partial charge < -0.3 is 9.84 Å². The van der Waals surface area contributed by atoms with E-state index in [1.165, 1.54) is 0 Å². The van der Waals surface area contributed by atoms with Crippen molar-refractivity contribution in [3.63, 3.8) is 0 Å². The van der Waals surface area contributed by atoms with E-state index < -0.39 is 0 Å². The Morgan fingerprint density at radius 1 is 1.47 bits per heavy atom. The van der Waals surface area contributed by atoms with Crippen LogP contribution in [-0.4, -0.2) is 33.1 Å². The average molecular weight is 259 g/mol. The molecule has 3 rings (SSSR count). The minimum atomic E-state index is -0.282. The molecule has 0 saturated heterocycles. The van der Waals surface area contributed by atoms with Crippen molar-refractivity contribution in [2.45, 2.75) is 26.0 Å². The van der Waals surface area contributed by atoms with Gasteiger partial charge in [-0.15, -0.1) is 0 Å². The summed E-state index contributed by atoms with van der Waals surface area (Å²) < 4.78 is 7.37. The first-order valence-corrected chi connectivity index (χ1v) is 6.47. The van der Waals surface area contributed by atoms with Gasteiger partial charge in [0.05, 0.1) is 31.1 Å². The summed E-state index contributed by atoms with van der Waals surface area (Å²) in [5.41, 5.74) is 4.02. The molecule has 3 heterocycles. The van der Waals surface area contributed by atoms with Gasteiger partial charge >= 0.3 is 0 Å². The fraction of sp³-hybridized carbons (Fsp3) is 0.429. The SMILES string of the molecule is Cc1cccc(Cn2cc3c(n2)C(CO)OCC3)n1. The summed E-state index contributed by atoms with van der Waals surface area (Å²) in [4.78, 5) is 4.47. The van der Waals surface area contributed by atoms with E-state index in [0.717, 1.165) is 29.1 Å². The Labute approximate surface area is 111 Å². The lowest BCUT2D eigenvalue weighted by atomic mass is 10.1. The van der Waals surface area contributed by atoms with E-state index in [2.05, 4.69) is 10.1 Å². The second-order valence-corrected chi connectivity index (χ2v) is 4.80. The number of ether oxygens (including phenoxy) is 1. The zero-order valence-electron chi connectivity index (χ0n) is 10.9. The van der Waals surface area contributed by atoms with E-state index in [1.807, 2.05) is 36.0 Å². The van der Waals surface area contributed by atoms with Crippen molar-refractivity contribution in [1.29, 1.82) is 0 Å². The monoisotopic (exact) mass is 259 g/mol. The smallest absolute Gasteiger partial charge is 0.124 e. The first-order valence-electron chi connectivity index (χ1n) is 6.47. The maximum atomic E-state index is 9.29. The highest BCUT2D eigenvalue weighted by molar-refractivity contribution is 5.22. The number of aliphatic hydroxyl groups is 1. The second-order valence-electron chi connectivity index (χ2n) is 4.80. The van der Waals surface area contributed by atoms with Crippen LogP contribution in [-0.2, 0) is 17.7 Å². The summed E-state index contributed by atoms with van der Waals surface area (Å²) >= 11 is 0. The van der Waals surface area contributed by atoms with E-state index in [1.54, 1.807) is 0 Å². The van der Waals surface area contributed by atoms with Crippen molar-refractivity contribution in [3.05, 3.63) is 47.0 Å². The van der Waals surface area contributed by atoms with Gasteiger partial charge in [-0.2, -0.15) is 5.10 Å². The molecule has 5 nitrogen and oxygen atoms in total. The number of aryl methyl sites for hydroxylation is 1. The van der Waals surface area contributed by atoms with Crippen LogP contribution in [0.3, 0.4) is 0 Å². The van der Waals surface area contributed by atoms with Crippen LogP contribution >= 0.6 is 0 Å². The highest BCUT2D eigenvalue weighted by Gasteiger charge is 2.23. The van der Waals surface area contributed by atoms with E-state index in [0.29, 0.717) is 13.2 Å². The summed E-state index contributed by atoms with van der Waals surface area (Å²) in [5.74, 6) is 0. The molecule has 0 aliphatic carbocycles. The maximum Gasteiger partial charge on any atom is 0.124 e. The Morgan fingerprint density at radius 2 is 2.37 bits per heavy atom. The van der Waals surface area contributed by atoms with E-state index >= 15 is 0 Å². The second kappa shape index (κ2) is 5.11. The molecule has 5 heteroatoms. The quantitative estimate of drug-likeness (QED) is 0.901. The van der Waals surface area contributed by atoms with Gasteiger partial charge in [0, 0.05) is 11.9 Å². The highest BCUT2D eigenvalue weighted by atomic mass is 16.5. The molecule has 1 N–H and O–H groups in total. The van der Waals surface area contributed by atoms with Crippen molar-refractivity contribution in [2.75, 3.05) is 13.2 Å². The topological polar surface area (TPSA) is 60.2 Å². The molecule has 100 valence electrons. The lowest BCUT2D eigenvalue weighted by molar-refractivity contribution is 0.000438. The van der Waals surface area contributed by atoms with Gasteiger partial charge in [-0.05, 0) is 31.0 Å². The molecule has 19 heavy (non-hydrogen) atoms. The summed E-state index contributed by atoms with van der Waals surface area (Å²) in [6, 6.07) is 5.97. The van der Waals surface area contributed by atoms with Crippen LogP contribution in [0.4, 0.5) is 0 Å². The van der Waals surface area contributed by atoms with Crippen molar-refractivity contribution in [2.24, 2.45) is 0 Å². The summed E-state index contributed by atoms with van der Waals surface area (Å²) in [6.45, 7) is 3.25. The number of aromatic nitrogens is 3. The Kier molecular flexibility index (Phi) is 3.31. The van der Waals surface area contributed by atoms with Crippen molar-refractivity contribution >= 4 is 0 Å². The number of fused-ring (bicyclic) bond motifs is 1. The van der Waals surface area contributed by atoms with Crippen LogP contribution in [0.1, 0.15) is 28.7 Å². The van der Waals surface area contributed by atoms with Crippen LogP contribution < -0.4 is 0 Å². The van der Waals surface area contributed by atoms with E-state index in [-0.39, 0.29) is 12.7 Å². The predicted octanol–water partition coefficient (Wildman–Crippen LogP) is 1.24. The van der Waals surface area contributed by atoms with Gasteiger partial charge in [0.1, 0.15) is 6.10 Å². The normalized spacial score (nSPS) is 18.3. The molecule has 1 aliphatic heterocycles. The van der Waals surface area contributed by atoms with Crippen LogP contribution in [0.2, 0.25) is 0 Å². The third kappa shape index (κ3) is 2.52. The van der Waals surface area contributed by atoms with E-state index in [9.17, 15) is 5.11 Å². The zero-order chi connectivity index (χ0) is 13.2. The Hall–Kier alpha value is -1.72. The van der Waals surface area contributed by atoms with Crippen LogP contribution in [0.25, 0.3) is 0 Å². The molecule has 0 saturated carbocycles. The minimum Gasteiger partial charge on any atom is -0.393 e. The number of nitrogens with zero attached hydrogens (tertiary/aromatic N) is 3. The minimum absolute atomic E-state index is 0.0211. The Morgan fingerprint density at radius 3 is 3.16 bits per heavy atom. The third-order valence-corrected chi connectivity index (χ3v) is 3.30. The zero-order valence-corrected chi connectivity index (χ0v) is 10.9. The molecule has 1 aliphatic rings. The van der Waals surface area contributed by atoms with Gasteiger partial charge in [0.2, 0.25) is 0 Å². The molecule has 0 radical (unpaired) electrons. The van der Waals surface area contributed by atoms with Crippen LogP contribution in [0.15, 0.2) is 24.4 Å². The van der Waals surface area contributed by atoms with Crippen molar-refractivity contribution in [3.8, 4) is 0 Å². The molecule has 2 aromatic heterocycles. The molecule has 1 atom stereocenters. The Bertz CT molecular complexity index is 580. The predicted molar refractivity (Wildman–Crippen MR) is 69.8 cm³/mol. The average Bonchev–Trinajstić information content (AvgIpc) is 2.80. The van der Waals surface area contributed by atoms with Gasteiger partial charge in [0.25, 0.3) is 0 Å². The lowest BCUT2D eigenvalue weighted by Crippen LogP contribution is -2.18. The number of aliphatic hydroxyl groups excluding tert-OH is 1. The molecular weight excluding hydrogens is 242 g/mol. The number of hydrogen-bond acceptors (Lipinski definition) is 4. The first-order chi connectivity index (χ1) is 9.26. The molecule has 0 bridgehead atoms. The van der Waals surface area contributed by atoms with Gasteiger partial charge in [0.15, 0.2) is 0 Å². The Balaban J connectivity index is 1.85. The van der Waals surface area contributed by atoms with Gasteiger partial charge in [-0.3, -0.25) is 9.67 Å². The molecule has 0 amide bonds. The van der Waals surface area contributed by atoms with Crippen molar-refractivity contribution in [1.82, 2.24) is 14.8 Å². The first kappa shape index (κ1) is 12.3. The number of pyridine rings is 1. The summed E-state index contributed by atoms with van der Waals surface area (Å²) in [6.07, 6.45) is 2.60. The number of rotatable bonds is 3. The van der Waals surface area contributed by atoms with Crippen molar-refractivity contribution < 1.29 is 9.84 Å². The summed E-state index contributed by atoms with van der Waals surface area (Å²) in [7, 11) is 0. The third-order valence-electron chi connectivity index (χ3n) is 3.30. The van der Waals surface area contributed by atoms with Crippen LogP contribution in [0.5, 0.6) is 0 Å². The highest BCUT2D eigenvalue weighted by Crippen LogP contribution is 2.25. The fourth-order valence-corrected chi connectivity index (χ4v) is 2.41. The molecule has 0 fully saturated rings. The maximum absolute atomic E-state index is 9.29. The number of hydrogen-bond donors (Lipinski definition) is 1. The molecule has 0 spiro atoms. The largest absolute Gasteiger partial charge is 0.393 e.